The van der Waals surface area contributed by atoms with Crippen LogP contribution in [0.4, 0.5) is 16.7 Å². The highest BCUT2D eigenvalue weighted by Crippen LogP contribution is 2.23. The van der Waals surface area contributed by atoms with Crippen LogP contribution in [0.1, 0.15) is 24.7 Å². The van der Waals surface area contributed by atoms with E-state index in [1.54, 1.807) is 32.2 Å². The minimum absolute atomic E-state index is 0.120. The SMILES string of the molecule is CC[C@H]1COC(=O)N1c1nc(C)nc(NCc2cc3cc(OC)ccc3[nH]c2=O)n1. The number of ether oxygens (including phenoxy) is 2. The van der Waals surface area contributed by atoms with Crippen molar-refractivity contribution in [2.24, 2.45) is 0 Å². The zero-order chi connectivity index (χ0) is 21.3. The van der Waals surface area contributed by atoms with E-state index in [0.717, 1.165) is 17.3 Å². The van der Waals surface area contributed by atoms with Crippen molar-refractivity contribution in [3.05, 3.63) is 46.0 Å². The fourth-order valence-electron chi connectivity index (χ4n) is 3.32. The molecule has 1 atom stereocenters. The maximum absolute atomic E-state index is 12.4. The summed E-state index contributed by atoms with van der Waals surface area (Å²) in [7, 11) is 1.59. The Labute approximate surface area is 172 Å². The predicted molar refractivity (Wildman–Crippen MR) is 111 cm³/mol. The van der Waals surface area contributed by atoms with Crippen LogP contribution in [0.2, 0.25) is 0 Å². The molecule has 4 rings (SSSR count). The molecule has 2 aromatic heterocycles. The minimum atomic E-state index is -0.474. The van der Waals surface area contributed by atoms with Crippen LogP contribution >= 0.6 is 0 Å². The van der Waals surface area contributed by atoms with Crippen LogP contribution in [0, 0.1) is 6.92 Å². The van der Waals surface area contributed by atoms with Crippen molar-refractivity contribution in [2.75, 3.05) is 23.9 Å². The Bertz CT molecular complexity index is 1160. The third kappa shape index (κ3) is 3.76. The van der Waals surface area contributed by atoms with Crippen molar-refractivity contribution in [3.8, 4) is 5.75 Å². The number of carbonyl (C=O) groups is 1. The molecule has 3 aromatic rings. The number of nitrogens with one attached hydrogen (secondary N) is 2. The lowest BCUT2D eigenvalue weighted by Crippen LogP contribution is -2.34. The summed E-state index contributed by atoms with van der Waals surface area (Å²) < 4.78 is 10.4. The number of benzene rings is 1. The lowest BCUT2D eigenvalue weighted by Gasteiger charge is -2.18. The third-order valence-electron chi connectivity index (χ3n) is 4.95. The second kappa shape index (κ2) is 7.97. The van der Waals surface area contributed by atoms with E-state index in [4.69, 9.17) is 9.47 Å². The fraction of sp³-hybridized carbons (Fsp3) is 0.350. The van der Waals surface area contributed by atoms with E-state index < -0.39 is 6.09 Å². The number of amides is 1. The first-order chi connectivity index (χ1) is 14.5. The van der Waals surface area contributed by atoms with Crippen molar-refractivity contribution in [3.63, 3.8) is 0 Å². The highest BCUT2D eigenvalue weighted by molar-refractivity contribution is 5.88. The van der Waals surface area contributed by atoms with Gasteiger partial charge in [0.05, 0.1) is 13.2 Å². The minimum Gasteiger partial charge on any atom is -0.497 e. The lowest BCUT2D eigenvalue weighted by molar-refractivity contribution is 0.178. The predicted octanol–water partition coefficient (Wildman–Crippen LogP) is 2.38. The number of hydrogen-bond acceptors (Lipinski definition) is 8. The molecule has 156 valence electrons. The van der Waals surface area contributed by atoms with Crippen molar-refractivity contribution in [1.82, 2.24) is 19.9 Å². The molecular weight excluding hydrogens is 388 g/mol. The zero-order valence-electron chi connectivity index (χ0n) is 16.9. The number of cyclic esters (lactones) is 1. The molecule has 10 heteroatoms. The van der Waals surface area contributed by atoms with E-state index in [1.807, 2.05) is 13.0 Å². The van der Waals surface area contributed by atoms with Crippen LogP contribution in [0.3, 0.4) is 0 Å². The van der Waals surface area contributed by atoms with Crippen molar-refractivity contribution in [1.29, 1.82) is 0 Å². The Hall–Kier alpha value is -3.69. The van der Waals surface area contributed by atoms with E-state index in [-0.39, 0.29) is 30.0 Å². The molecule has 1 fully saturated rings. The smallest absolute Gasteiger partial charge is 0.417 e. The number of methoxy groups -OCH3 is 1. The molecule has 1 saturated heterocycles. The lowest BCUT2D eigenvalue weighted by atomic mass is 10.1. The van der Waals surface area contributed by atoms with Gasteiger partial charge in [-0.15, -0.1) is 0 Å². The molecule has 0 spiro atoms. The molecule has 0 aliphatic carbocycles. The Balaban J connectivity index is 1.59. The number of fused-ring (bicyclic) bond motifs is 1. The molecule has 1 aliphatic heterocycles. The number of H-pyrrole nitrogens is 1. The Morgan fingerprint density at radius 1 is 1.27 bits per heavy atom. The van der Waals surface area contributed by atoms with Crippen LogP contribution in [0.5, 0.6) is 5.75 Å². The van der Waals surface area contributed by atoms with E-state index in [0.29, 0.717) is 23.7 Å². The number of hydrogen-bond donors (Lipinski definition) is 2. The monoisotopic (exact) mass is 410 g/mol. The number of nitrogens with zero attached hydrogens (tertiary/aromatic N) is 4. The molecule has 1 aliphatic rings. The van der Waals surface area contributed by atoms with Gasteiger partial charge < -0.3 is 19.8 Å². The summed E-state index contributed by atoms with van der Waals surface area (Å²) in [5, 5.41) is 3.91. The number of pyridine rings is 1. The Kier molecular flexibility index (Phi) is 5.21. The average Bonchev–Trinajstić information content (AvgIpc) is 3.12. The maximum atomic E-state index is 12.4. The number of aryl methyl sites for hydroxylation is 1. The first kappa shape index (κ1) is 19.6. The van der Waals surface area contributed by atoms with Crippen LogP contribution < -0.4 is 20.5 Å². The summed E-state index contributed by atoms with van der Waals surface area (Å²) in [4.78, 5) is 41.7. The summed E-state index contributed by atoms with van der Waals surface area (Å²) >= 11 is 0. The van der Waals surface area contributed by atoms with Crippen LogP contribution in [0.25, 0.3) is 10.9 Å². The molecule has 0 unspecified atom stereocenters. The van der Waals surface area contributed by atoms with Gasteiger partial charge in [0.25, 0.3) is 5.56 Å². The molecule has 1 aromatic carbocycles. The molecular formula is C20H22N6O4. The zero-order valence-corrected chi connectivity index (χ0v) is 16.9. The van der Waals surface area contributed by atoms with Crippen molar-refractivity contribution in [2.45, 2.75) is 32.9 Å². The molecule has 30 heavy (non-hydrogen) atoms. The largest absolute Gasteiger partial charge is 0.497 e. The molecule has 10 nitrogen and oxygen atoms in total. The van der Waals surface area contributed by atoms with Gasteiger partial charge in [0.15, 0.2) is 0 Å². The standard InChI is InChI=1S/C20H22N6O4/c1-4-14-10-30-20(28)26(14)19-23-11(2)22-18(25-19)21-9-13-7-12-8-15(29-3)5-6-16(12)24-17(13)27/h5-8,14H,4,9-10H2,1-3H3,(H,24,27)(H,21,22,23,25)/t14-/m0/s1. The third-order valence-corrected chi connectivity index (χ3v) is 4.95. The summed E-state index contributed by atoms with van der Waals surface area (Å²) in [6.07, 6.45) is 0.244. The molecule has 0 bridgehead atoms. The van der Waals surface area contributed by atoms with Gasteiger partial charge >= 0.3 is 6.09 Å². The van der Waals surface area contributed by atoms with Crippen molar-refractivity contribution >= 4 is 28.9 Å². The quantitative estimate of drug-likeness (QED) is 0.635. The first-order valence-electron chi connectivity index (χ1n) is 9.61. The molecule has 0 saturated carbocycles. The highest BCUT2D eigenvalue weighted by Gasteiger charge is 2.35. The normalized spacial score (nSPS) is 16.0. The van der Waals surface area contributed by atoms with Crippen LogP contribution in [-0.4, -0.2) is 45.8 Å². The van der Waals surface area contributed by atoms with Gasteiger partial charge in [-0.3, -0.25) is 4.79 Å². The van der Waals surface area contributed by atoms with E-state index in [9.17, 15) is 9.59 Å². The number of aromatic nitrogens is 4. The van der Waals surface area contributed by atoms with Gasteiger partial charge in [0, 0.05) is 23.0 Å². The number of anilines is 2. The van der Waals surface area contributed by atoms with Crippen LogP contribution in [0.15, 0.2) is 29.1 Å². The van der Waals surface area contributed by atoms with Gasteiger partial charge in [0.2, 0.25) is 11.9 Å². The summed E-state index contributed by atoms with van der Waals surface area (Å²) in [5.41, 5.74) is 1.03. The second-order valence-corrected chi connectivity index (χ2v) is 6.95. The van der Waals surface area contributed by atoms with Gasteiger partial charge in [-0.2, -0.15) is 15.0 Å². The molecule has 0 radical (unpaired) electrons. The number of rotatable bonds is 6. The molecule has 2 N–H and O–H groups in total. The Morgan fingerprint density at radius 3 is 2.87 bits per heavy atom. The van der Waals surface area contributed by atoms with E-state index >= 15 is 0 Å². The summed E-state index contributed by atoms with van der Waals surface area (Å²) in [6.45, 7) is 4.19. The topological polar surface area (TPSA) is 122 Å². The summed E-state index contributed by atoms with van der Waals surface area (Å²) in [6, 6.07) is 7.12. The fourth-order valence-corrected chi connectivity index (χ4v) is 3.32. The average molecular weight is 410 g/mol. The van der Waals surface area contributed by atoms with Crippen LogP contribution in [-0.2, 0) is 11.3 Å². The van der Waals surface area contributed by atoms with E-state index in [1.165, 1.54) is 4.90 Å². The van der Waals surface area contributed by atoms with Gasteiger partial charge in [-0.05, 0) is 37.6 Å². The second-order valence-electron chi connectivity index (χ2n) is 6.95. The first-order valence-corrected chi connectivity index (χ1v) is 9.61. The van der Waals surface area contributed by atoms with Gasteiger partial charge in [0.1, 0.15) is 18.2 Å². The van der Waals surface area contributed by atoms with Crippen molar-refractivity contribution < 1.29 is 14.3 Å². The Morgan fingerprint density at radius 2 is 2.10 bits per heavy atom. The number of carbonyl (C=O) groups excluding carboxylic acids is 1. The van der Waals surface area contributed by atoms with Gasteiger partial charge in [-0.1, -0.05) is 6.92 Å². The number of aromatic amines is 1. The highest BCUT2D eigenvalue weighted by atomic mass is 16.6. The van der Waals surface area contributed by atoms with Gasteiger partial charge in [-0.25, -0.2) is 9.69 Å². The summed E-state index contributed by atoms with van der Waals surface area (Å²) in [5.74, 6) is 1.66. The maximum Gasteiger partial charge on any atom is 0.417 e. The molecule has 3 heterocycles. The van der Waals surface area contributed by atoms with E-state index in [2.05, 4.69) is 25.3 Å². The molecule has 1 amide bonds.